The van der Waals surface area contributed by atoms with Crippen molar-refractivity contribution in [1.29, 1.82) is 0 Å². The standard InChI is InChI=1S/C23H21ClN2O2S/c1-16-3-2-4-20(13-16)26-23(28)15-29-21-11-9-19(10-12-21)25-22(27)14-17-5-7-18(24)8-6-17/h2-13H,14-15H2,1H3,(H,25,27)(H,26,28). The van der Waals surface area contributed by atoms with Gasteiger partial charge < -0.3 is 10.6 Å². The van der Waals surface area contributed by atoms with Crippen LogP contribution in [0.1, 0.15) is 11.1 Å². The van der Waals surface area contributed by atoms with Gasteiger partial charge in [0, 0.05) is 21.3 Å². The molecule has 0 aliphatic rings. The van der Waals surface area contributed by atoms with E-state index in [9.17, 15) is 9.59 Å². The summed E-state index contributed by atoms with van der Waals surface area (Å²) in [5.74, 6) is 0.169. The first kappa shape index (κ1) is 21.0. The highest BCUT2D eigenvalue weighted by atomic mass is 35.5. The van der Waals surface area contributed by atoms with Crippen LogP contribution in [-0.2, 0) is 16.0 Å². The van der Waals surface area contributed by atoms with Gasteiger partial charge in [0.15, 0.2) is 0 Å². The average molecular weight is 425 g/mol. The largest absolute Gasteiger partial charge is 0.326 e. The Morgan fingerprint density at radius 2 is 1.55 bits per heavy atom. The fourth-order valence-corrected chi connectivity index (χ4v) is 3.52. The van der Waals surface area contributed by atoms with Crippen molar-refractivity contribution in [3.05, 3.63) is 88.9 Å². The number of rotatable bonds is 7. The van der Waals surface area contributed by atoms with Gasteiger partial charge in [0.05, 0.1) is 12.2 Å². The molecule has 4 nitrogen and oxygen atoms in total. The van der Waals surface area contributed by atoms with Crippen molar-refractivity contribution in [2.24, 2.45) is 0 Å². The number of benzene rings is 3. The van der Waals surface area contributed by atoms with Gasteiger partial charge in [-0.2, -0.15) is 0 Å². The Bertz CT molecular complexity index is 989. The molecule has 0 bridgehead atoms. The van der Waals surface area contributed by atoms with Gasteiger partial charge in [-0.1, -0.05) is 35.9 Å². The Labute approximate surface area is 179 Å². The van der Waals surface area contributed by atoms with Gasteiger partial charge in [-0.25, -0.2) is 0 Å². The summed E-state index contributed by atoms with van der Waals surface area (Å²) in [5, 5.41) is 6.41. The highest BCUT2D eigenvalue weighted by Crippen LogP contribution is 2.21. The summed E-state index contributed by atoms with van der Waals surface area (Å²) >= 11 is 7.30. The van der Waals surface area contributed by atoms with Gasteiger partial charge in [0.1, 0.15) is 0 Å². The molecular weight excluding hydrogens is 404 g/mol. The molecule has 0 atom stereocenters. The van der Waals surface area contributed by atoms with E-state index in [0.717, 1.165) is 27.4 Å². The molecule has 0 spiro atoms. The zero-order valence-corrected chi connectivity index (χ0v) is 17.5. The fourth-order valence-electron chi connectivity index (χ4n) is 2.70. The van der Waals surface area contributed by atoms with Gasteiger partial charge in [-0.05, 0) is 66.6 Å². The molecule has 0 saturated heterocycles. The average Bonchev–Trinajstić information content (AvgIpc) is 2.69. The van der Waals surface area contributed by atoms with E-state index in [1.807, 2.05) is 67.6 Å². The van der Waals surface area contributed by atoms with Crippen LogP contribution in [0, 0.1) is 6.92 Å². The number of halogens is 1. The van der Waals surface area contributed by atoms with E-state index >= 15 is 0 Å². The Hall–Kier alpha value is -2.76. The summed E-state index contributed by atoms with van der Waals surface area (Å²) in [4.78, 5) is 25.2. The molecule has 3 aromatic carbocycles. The highest BCUT2D eigenvalue weighted by Gasteiger charge is 2.06. The monoisotopic (exact) mass is 424 g/mol. The first-order valence-electron chi connectivity index (χ1n) is 9.11. The minimum atomic E-state index is -0.0924. The van der Waals surface area contributed by atoms with Gasteiger partial charge in [0.2, 0.25) is 11.8 Å². The van der Waals surface area contributed by atoms with Crippen LogP contribution in [0.15, 0.2) is 77.7 Å². The van der Waals surface area contributed by atoms with Crippen LogP contribution in [0.3, 0.4) is 0 Å². The summed E-state index contributed by atoms with van der Waals surface area (Å²) in [6, 6.07) is 22.4. The van der Waals surface area contributed by atoms with E-state index in [1.54, 1.807) is 12.1 Å². The summed E-state index contributed by atoms with van der Waals surface area (Å²) in [7, 11) is 0. The Morgan fingerprint density at radius 1 is 0.862 bits per heavy atom. The molecule has 3 rings (SSSR count). The number of hydrogen-bond acceptors (Lipinski definition) is 3. The zero-order chi connectivity index (χ0) is 20.6. The van der Waals surface area contributed by atoms with Crippen molar-refractivity contribution >= 4 is 46.6 Å². The molecule has 2 amide bonds. The SMILES string of the molecule is Cc1cccc(NC(=O)CSc2ccc(NC(=O)Cc3ccc(Cl)cc3)cc2)c1. The second kappa shape index (κ2) is 10.1. The Balaban J connectivity index is 1.46. The van der Waals surface area contributed by atoms with Gasteiger partial charge in [-0.3, -0.25) is 9.59 Å². The maximum absolute atomic E-state index is 12.2. The van der Waals surface area contributed by atoms with Gasteiger partial charge in [-0.15, -0.1) is 11.8 Å². The minimum absolute atomic E-state index is 0.0547. The maximum atomic E-state index is 12.2. The Morgan fingerprint density at radius 3 is 2.24 bits per heavy atom. The van der Waals surface area contributed by atoms with E-state index in [2.05, 4.69) is 10.6 Å². The van der Waals surface area contributed by atoms with Crippen LogP contribution in [0.5, 0.6) is 0 Å². The molecule has 0 saturated carbocycles. The van der Waals surface area contributed by atoms with Crippen molar-refractivity contribution in [3.8, 4) is 0 Å². The van der Waals surface area contributed by atoms with Crippen molar-refractivity contribution in [2.75, 3.05) is 16.4 Å². The van der Waals surface area contributed by atoms with E-state index in [4.69, 9.17) is 11.6 Å². The highest BCUT2D eigenvalue weighted by molar-refractivity contribution is 8.00. The van der Waals surface area contributed by atoms with Crippen LogP contribution >= 0.6 is 23.4 Å². The van der Waals surface area contributed by atoms with E-state index < -0.39 is 0 Å². The van der Waals surface area contributed by atoms with Crippen LogP contribution < -0.4 is 10.6 Å². The molecule has 0 aliphatic heterocycles. The lowest BCUT2D eigenvalue weighted by molar-refractivity contribution is -0.115. The molecule has 0 aliphatic carbocycles. The van der Waals surface area contributed by atoms with Crippen LogP contribution in [0.2, 0.25) is 5.02 Å². The van der Waals surface area contributed by atoms with Crippen LogP contribution in [-0.4, -0.2) is 17.6 Å². The van der Waals surface area contributed by atoms with Crippen molar-refractivity contribution in [1.82, 2.24) is 0 Å². The van der Waals surface area contributed by atoms with E-state index in [0.29, 0.717) is 10.8 Å². The molecular formula is C23H21ClN2O2S. The quantitative estimate of drug-likeness (QED) is 0.488. The van der Waals surface area contributed by atoms with Crippen LogP contribution in [0.25, 0.3) is 0 Å². The number of anilines is 2. The van der Waals surface area contributed by atoms with Crippen molar-refractivity contribution in [2.45, 2.75) is 18.2 Å². The smallest absolute Gasteiger partial charge is 0.234 e. The van der Waals surface area contributed by atoms with Crippen LogP contribution in [0.4, 0.5) is 11.4 Å². The first-order valence-corrected chi connectivity index (χ1v) is 10.5. The predicted octanol–water partition coefficient (Wildman–Crippen LogP) is 5.56. The summed E-state index contributed by atoms with van der Waals surface area (Å²) in [6.07, 6.45) is 0.285. The lowest BCUT2D eigenvalue weighted by atomic mass is 10.1. The third-order valence-electron chi connectivity index (χ3n) is 4.09. The number of amides is 2. The zero-order valence-electron chi connectivity index (χ0n) is 15.9. The molecule has 0 unspecified atom stereocenters. The summed E-state index contributed by atoms with van der Waals surface area (Å²) in [5.41, 5.74) is 3.52. The normalized spacial score (nSPS) is 10.4. The number of thioether (sulfide) groups is 1. The predicted molar refractivity (Wildman–Crippen MR) is 121 cm³/mol. The molecule has 2 N–H and O–H groups in total. The lowest BCUT2D eigenvalue weighted by Gasteiger charge is -2.08. The molecule has 29 heavy (non-hydrogen) atoms. The third kappa shape index (κ3) is 6.97. The topological polar surface area (TPSA) is 58.2 Å². The summed E-state index contributed by atoms with van der Waals surface area (Å²) in [6.45, 7) is 1.99. The minimum Gasteiger partial charge on any atom is -0.326 e. The molecule has 6 heteroatoms. The number of aryl methyl sites for hydroxylation is 1. The molecule has 0 radical (unpaired) electrons. The molecule has 0 heterocycles. The first-order chi connectivity index (χ1) is 14.0. The number of hydrogen-bond donors (Lipinski definition) is 2. The number of nitrogens with one attached hydrogen (secondary N) is 2. The Kier molecular flexibility index (Phi) is 7.33. The second-order valence-electron chi connectivity index (χ2n) is 6.58. The third-order valence-corrected chi connectivity index (χ3v) is 5.35. The second-order valence-corrected chi connectivity index (χ2v) is 8.07. The number of carbonyl (C=O) groups is 2. The molecule has 148 valence electrons. The molecule has 3 aromatic rings. The number of carbonyl (C=O) groups excluding carboxylic acids is 2. The van der Waals surface area contributed by atoms with E-state index in [1.165, 1.54) is 11.8 Å². The van der Waals surface area contributed by atoms with E-state index in [-0.39, 0.29) is 18.2 Å². The van der Waals surface area contributed by atoms with Crippen molar-refractivity contribution in [3.63, 3.8) is 0 Å². The fraction of sp³-hybridized carbons (Fsp3) is 0.130. The summed E-state index contributed by atoms with van der Waals surface area (Å²) < 4.78 is 0. The van der Waals surface area contributed by atoms with Gasteiger partial charge in [0.25, 0.3) is 0 Å². The molecule has 0 aromatic heterocycles. The lowest BCUT2D eigenvalue weighted by Crippen LogP contribution is -2.14. The van der Waals surface area contributed by atoms with Crippen molar-refractivity contribution < 1.29 is 9.59 Å². The van der Waals surface area contributed by atoms with Gasteiger partial charge >= 0.3 is 0 Å². The molecule has 0 fully saturated rings. The maximum Gasteiger partial charge on any atom is 0.234 e.